The Kier molecular flexibility index (Phi) is 8.01. The van der Waals surface area contributed by atoms with E-state index in [0.29, 0.717) is 61.7 Å². The molecular formula is C24H28N4O5. The zero-order chi connectivity index (χ0) is 23.8. The SMILES string of the molecule is CCOC(=O)N1CCN(C(=O)c2ccccc2NC(=O)c2cccc(NC(=O)CC)c2)CC1. The average molecular weight is 453 g/mol. The molecular weight excluding hydrogens is 424 g/mol. The van der Waals surface area contributed by atoms with E-state index in [4.69, 9.17) is 4.74 Å². The Morgan fingerprint density at radius 3 is 2.27 bits per heavy atom. The maximum atomic E-state index is 13.1. The lowest BCUT2D eigenvalue weighted by molar-refractivity contribution is -0.115. The summed E-state index contributed by atoms with van der Waals surface area (Å²) in [4.78, 5) is 52.7. The number of rotatable bonds is 6. The second-order valence-electron chi connectivity index (χ2n) is 7.46. The highest BCUT2D eigenvalue weighted by Gasteiger charge is 2.27. The van der Waals surface area contributed by atoms with Crippen LogP contribution in [0.1, 0.15) is 41.0 Å². The van der Waals surface area contributed by atoms with Gasteiger partial charge < -0.3 is 25.2 Å². The lowest BCUT2D eigenvalue weighted by Gasteiger charge is -2.34. The molecule has 0 spiro atoms. The smallest absolute Gasteiger partial charge is 0.409 e. The maximum Gasteiger partial charge on any atom is 0.409 e. The molecule has 174 valence electrons. The van der Waals surface area contributed by atoms with Crippen LogP contribution in [-0.4, -0.2) is 66.4 Å². The van der Waals surface area contributed by atoms with E-state index in [1.165, 1.54) is 0 Å². The van der Waals surface area contributed by atoms with Crippen molar-refractivity contribution < 1.29 is 23.9 Å². The number of amides is 4. The molecule has 0 aromatic heterocycles. The van der Waals surface area contributed by atoms with Crippen LogP contribution < -0.4 is 10.6 Å². The Labute approximate surface area is 192 Å². The highest BCUT2D eigenvalue weighted by Crippen LogP contribution is 2.20. The van der Waals surface area contributed by atoms with Gasteiger partial charge in [-0.1, -0.05) is 25.1 Å². The normalized spacial score (nSPS) is 13.3. The van der Waals surface area contributed by atoms with E-state index < -0.39 is 5.91 Å². The number of carbonyl (C=O) groups excluding carboxylic acids is 4. The van der Waals surface area contributed by atoms with Gasteiger partial charge >= 0.3 is 6.09 Å². The Hall–Kier alpha value is -3.88. The van der Waals surface area contributed by atoms with Gasteiger partial charge in [0, 0.05) is 43.9 Å². The van der Waals surface area contributed by atoms with E-state index in [2.05, 4.69) is 10.6 Å². The van der Waals surface area contributed by atoms with Crippen molar-refractivity contribution in [3.8, 4) is 0 Å². The largest absolute Gasteiger partial charge is 0.450 e. The molecule has 2 N–H and O–H groups in total. The molecule has 1 aliphatic heterocycles. The van der Waals surface area contributed by atoms with Gasteiger partial charge in [0.2, 0.25) is 5.91 Å². The van der Waals surface area contributed by atoms with Crippen LogP contribution in [0.2, 0.25) is 0 Å². The minimum atomic E-state index is -0.394. The van der Waals surface area contributed by atoms with Crippen molar-refractivity contribution >= 4 is 35.2 Å². The molecule has 1 fully saturated rings. The number of piperazine rings is 1. The van der Waals surface area contributed by atoms with Crippen LogP contribution in [0.5, 0.6) is 0 Å². The van der Waals surface area contributed by atoms with E-state index in [9.17, 15) is 19.2 Å². The number of carbonyl (C=O) groups is 4. The lowest BCUT2D eigenvalue weighted by Crippen LogP contribution is -2.50. The maximum absolute atomic E-state index is 13.1. The molecule has 0 radical (unpaired) electrons. The Balaban J connectivity index is 1.69. The molecule has 2 aromatic rings. The summed E-state index contributed by atoms with van der Waals surface area (Å²) >= 11 is 0. The van der Waals surface area contributed by atoms with Gasteiger partial charge in [0.1, 0.15) is 0 Å². The van der Waals surface area contributed by atoms with E-state index in [0.717, 1.165) is 0 Å². The van der Waals surface area contributed by atoms with Crippen molar-refractivity contribution in [2.75, 3.05) is 43.4 Å². The van der Waals surface area contributed by atoms with Crippen molar-refractivity contribution in [3.63, 3.8) is 0 Å². The number of ether oxygens (including phenoxy) is 1. The van der Waals surface area contributed by atoms with Gasteiger partial charge in [-0.3, -0.25) is 14.4 Å². The van der Waals surface area contributed by atoms with Crippen molar-refractivity contribution in [1.29, 1.82) is 0 Å². The van der Waals surface area contributed by atoms with Gasteiger partial charge in [-0.05, 0) is 37.3 Å². The number of nitrogens with one attached hydrogen (secondary N) is 2. The Morgan fingerprint density at radius 2 is 1.58 bits per heavy atom. The molecule has 0 bridgehead atoms. The number of para-hydroxylation sites is 1. The van der Waals surface area contributed by atoms with Gasteiger partial charge in [-0.25, -0.2) is 4.79 Å². The predicted octanol–water partition coefficient (Wildman–Crippen LogP) is 3.20. The summed E-state index contributed by atoms with van der Waals surface area (Å²) in [6, 6.07) is 13.4. The van der Waals surface area contributed by atoms with Gasteiger partial charge in [0.05, 0.1) is 17.9 Å². The summed E-state index contributed by atoms with van der Waals surface area (Å²) in [6.07, 6.45) is -0.0467. The first kappa shape index (κ1) is 23.8. The molecule has 4 amide bonds. The van der Waals surface area contributed by atoms with Gasteiger partial charge in [0.25, 0.3) is 11.8 Å². The predicted molar refractivity (Wildman–Crippen MR) is 124 cm³/mol. The molecule has 1 saturated heterocycles. The molecule has 0 atom stereocenters. The molecule has 1 aliphatic rings. The summed E-state index contributed by atoms with van der Waals surface area (Å²) in [5.41, 5.74) is 1.64. The van der Waals surface area contributed by atoms with E-state index in [1.54, 1.807) is 72.2 Å². The van der Waals surface area contributed by atoms with E-state index in [-0.39, 0.29) is 17.9 Å². The number of nitrogens with zero attached hydrogens (tertiary/aromatic N) is 2. The fourth-order valence-corrected chi connectivity index (χ4v) is 3.44. The number of hydrogen-bond acceptors (Lipinski definition) is 5. The highest BCUT2D eigenvalue weighted by molar-refractivity contribution is 6.09. The Morgan fingerprint density at radius 1 is 0.879 bits per heavy atom. The third kappa shape index (κ3) is 6.09. The van der Waals surface area contributed by atoms with Crippen LogP contribution in [0.4, 0.5) is 16.2 Å². The molecule has 1 heterocycles. The zero-order valence-corrected chi connectivity index (χ0v) is 18.8. The minimum absolute atomic E-state index is 0.147. The average Bonchev–Trinajstić information content (AvgIpc) is 2.84. The quantitative estimate of drug-likeness (QED) is 0.700. The minimum Gasteiger partial charge on any atom is -0.450 e. The summed E-state index contributed by atoms with van der Waals surface area (Å²) in [7, 11) is 0. The third-order valence-electron chi connectivity index (χ3n) is 5.23. The summed E-state index contributed by atoms with van der Waals surface area (Å²) in [5.74, 6) is -0.764. The third-order valence-corrected chi connectivity index (χ3v) is 5.23. The number of benzene rings is 2. The molecule has 0 aliphatic carbocycles. The van der Waals surface area contributed by atoms with Crippen molar-refractivity contribution in [1.82, 2.24) is 9.80 Å². The number of hydrogen-bond donors (Lipinski definition) is 2. The topological polar surface area (TPSA) is 108 Å². The number of anilines is 2. The fraction of sp³-hybridized carbons (Fsp3) is 0.333. The standard InChI is InChI=1S/C24H28N4O5/c1-3-21(29)25-18-9-7-8-17(16-18)22(30)26-20-11-6-5-10-19(20)23(31)27-12-14-28(15-13-27)24(32)33-4-2/h5-11,16H,3-4,12-15H2,1-2H3,(H,25,29)(H,26,30). The van der Waals surface area contributed by atoms with Gasteiger partial charge in [-0.2, -0.15) is 0 Å². The second-order valence-corrected chi connectivity index (χ2v) is 7.46. The first-order chi connectivity index (χ1) is 15.9. The molecule has 9 heteroatoms. The first-order valence-corrected chi connectivity index (χ1v) is 10.9. The molecule has 0 saturated carbocycles. The fourth-order valence-electron chi connectivity index (χ4n) is 3.44. The van der Waals surface area contributed by atoms with E-state index >= 15 is 0 Å². The highest BCUT2D eigenvalue weighted by atomic mass is 16.6. The zero-order valence-electron chi connectivity index (χ0n) is 18.8. The van der Waals surface area contributed by atoms with Crippen molar-refractivity contribution in [2.24, 2.45) is 0 Å². The molecule has 2 aromatic carbocycles. The van der Waals surface area contributed by atoms with Crippen molar-refractivity contribution in [2.45, 2.75) is 20.3 Å². The van der Waals surface area contributed by atoms with Gasteiger partial charge in [0.15, 0.2) is 0 Å². The summed E-state index contributed by atoms with van der Waals surface area (Å²) in [6.45, 7) is 5.32. The van der Waals surface area contributed by atoms with Gasteiger partial charge in [-0.15, -0.1) is 0 Å². The van der Waals surface area contributed by atoms with Crippen LogP contribution in [0, 0.1) is 0 Å². The van der Waals surface area contributed by atoms with Crippen LogP contribution in [0.3, 0.4) is 0 Å². The molecule has 33 heavy (non-hydrogen) atoms. The monoisotopic (exact) mass is 452 g/mol. The second kappa shape index (κ2) is 11.1. The Bertz CT molecular complexity index is 1030. The van der Waals surface area contributed by atoms with E-state index in [1.807, 2.05) is 0 Å². The van der Waals surface area contributed by atoms with Crippen LogP contribution in [0.15, 0.2) is 48.5 Å². The van der Waals surface area contributed by atoms with Crippen LogP contribution >= 0.6 is 0 Å². The summed E-state index contributed by atoms with van der Waals surface area (Å²) in [5, 5.41) is 5.53. The van der Waals surface area contributed by atoms with Crippen molar-refractivity contribution in [3.05, 3.63) is 59.7 Å². The first-order valence-electron chi connectivity index (χ1n) is 10.9. The molecule has 9 nitrogen and oxygen atoms in total. The van der Waals surface area contributed by atoms with Crippen LogP contribution in [-0.2, 0) is 9.53 Å². The van der Waals surface area contributed by atoms with Crippen LogP contribution in [0.25, 0.3) is 0 Å². The molecule has 0 unspecified atom stereocenters. The lowest BCUT2D eigenvalue weighted by atomic mass is 10.1. The summed E-state index contributed by atoms with van der Waals surface area (Å²) < 4.78 is 5.02. The molecule has 3 rings (SSSR count).